The monoisotopic (exact) mass is 262 g/mol. The molecule has 19 heavy (non-hydrogen) atoms. The molecule has 2 nitrogen and oxygen atoms in total. The maximum atomic E-state index is 5.74. The van der Waals surface area contributed by atoms with Gasteiger partial charge in [0.1, 0.15) is 0 Å². The van der Waals surface area contributed by atoms with E-state index in [0.29, 0.717) is 5.92 Å². The van der Waals surface area contributed by atoms with Gasteiger partial charge >= 0.3 is 0 Å². The van der Waals surface area contributed by atoms with E-state index in [0.717, 1.165) is 0 Å². The molecule has 2 heteroatoms. The van der Waals surface area contributed by atoms with Crippen molar-refractivity contribution in [3.8, 4) is 0 Å². The average Bonchev–Trinajstić information content (AvgIpc) is 2.35. The highest BCUT2D eigenvalue weighted by molar-refractivity contribution is 5.22. The third kappa shape index (κ3) is 6.55. The van der Waals surface area contributed by atoms with Gasteiger partial charge in [-0.25, -0.2) is 0 Å². The van der Waals surface area contributed by atoms with Crippen molar-refractivity contribution in [2.24, 2.45) is 0 Å². The SMILES string of the molecule is CC(C)OC(C=CC(C)c1ccccc1)OC(C)C. The molecule has 0 N–H and O–H groups in total. The Labute approximate surface area is 117 Å². The standard InChI is InChI=1S/C17H26O2/c1-13(2)18-17(19-14(3)4)12-11-15(5)16-9-7-6-8-10-16/h6-15,17H,1-5H3. The summed E-state index contributed by atoms with van der Waals surface area (Å²) in [5.41, 5.74) is 1.30. The lowest BCUT2D eigenvalue weighted by Gasteiger charge is -2.20. The molecule has 0 aromatic heterocycles. The van der Waals surface area contributed by atoms with Crippen LogP contribution in [0, 0.1) is 0 Å². The summed E-state index contributed by atoms with van der Waals surface area (Å²) in [6.07, 6.45) is 4.19. The zero-order valence-electron chi connectivity index (χ0n) is 12.7. The van der Waals surface area contributed by atoms with Gasteiger partial charge in [0.05, 0.1) is 12.2 Å². The lowest BCUT2D eigenvalue weighted by atomic mass is 10.0. The van der Waals surface area contributed by atoms with Gasteiger partial charge in [-0.05, 0) is 45.3 Å². The van der Waals surface area contributed by atoms with Crippen LogP contribution >= 0.6 is 0 Å². The van der Waals surface area contributed by atoms with E-state index in [1.54, 1.807) is 0 Å². The first kappa shape index (κ1) is 15.9. The molecule has 0 aliphatic rings. The first-order valence-corrected chi connectivity index (χ1v) is 7.03. The third-order valence-electron chi connectivity index (χ3n) is 2.69. The molecule has 0 heterocycles. The molecular formula is C17H26O2. The molecule has 1 rings (SSSR count). The van der Waals surface area contributed by atoms with Crippen LogP contribution in [0.25, 0.3) is 0 Å². The molecule has 1 aromatic rings. The Bertz CT molecular complexity index is 358. The number of hydrogen-bond donors (Lipinski definition) is 0. The minimum Gasteiger partial charge on any atom is -0.346 e. The second kappa shape index (κ2) is 8.13. The van der Waals surface area contributed by atoms with Gasteiger partial charge in [0, 0.05) is 0 Å². The van der Waals surface area contributed by atoms with E-state index < -0.39 is 0 Å². The lowest BCUT2D eigenvalue weighted by molar-refractivity contribution is -0.152. The van der Waals surface area contributed by atoms with Crippen molar-refractivity contribution in [2.75, 3.05) is 0 Å². The smallest absolute Gasteiger partial charge is 0.177 e. The third-order valence-corrected chi connectivity index (χ3v) is 2.69. The van der Waals surface area contributed by atoms with Crippen molar-refractivity contribution >= 4 is 0 Å². The Hall–Kier alpha value is -1.12. The Kier molecular flexibility index (Phi) is 6.82. The van der Waals surface area contributed by atoms with Gasteiger partial charge in [-0.2, -0.15) is 0 Å². The van der Waals surface area contributed by atoms with E-state index in [2.05, 4.69) is 37.3 Å². The fourth-order valence-corrected chi connectivity index (χ4v) is 1.78. The second-order valence-corrected chi connectivity index (χ2v) is 5.32. The first-order chi connectivity index (χ1) is 8.99. The first-order valence-electron chi connectivity index (χ1n) is 7.03. The fraction of sp³-hybridized carbons (Fsp3) is 0.529. The van der Waals surface area contributed by atoms with Crippen LogP contribution in [-0.4, -0.2) is 18.5 Å². The molecular weight excluding hydrogens is 236 g/mol. The predicted molar refractivity (Wildman–Crippen MR) is 80.2 cm³/mol. The van der Waals surface area contributed by atoms with Crippen molar-refractivity contribution in [3.63, 3.8) is 0 Å². The second-order valence-electron chi connectivity index (χ2n) is 5.32. The van der Waals surface area contributed by atoms with Crippen molar-refractivity contribution < 1.29 is 9.47 Å². The Morgan fingerprint density at radius 3 is 1.79 bits per heavy atom. The van der Waals surface area contributed by atoms with Gasteiger partial charge in [-0.3, -0.25) is 0 Å². The van der Waals surface area contributed by atoms with Crippen LogP contribution in [0.3, 0.4) is 0 Å². The summed E-state index contributed by atoms with van der Waals surface area (Å²) in [6.45, 7) is 10.3. The minimum atomic E-state index is -0.272. The summed E-state index contributed by atoms with van der Waals surface area (Å²) < 4.78 is 11.5. The van der Waals surface area contributed by atoms with E-state index in [1.807, 2.05) is 39.8 Å². The number of allylic oxidation sites excluding steroid dienone is 1. The largest absolute Gasteiger partial charge is 0.346 e. The molecule has 0 saturated heterocycles. The van der Waals surface area contributed by atoms with Crippen LogP contribution in [0.4, 0.5) is 0 Å². The van der Waals surface area contributed by atoms with E-state index in [1.165, 1.54) is 5.56 Å². The zero-order valence-corrected chi connectivity index (χ0v) is 12.7. The van der Waals surface area contributed by atoms with Crippen molar-refractivity contribution in [3.05, 3.63) is 48.0 Å². The zero-order chi connectivity index (χ0) is 14.3. The highest BCUT2D eigenvalue weighted by atomic mass is 16.7. The highest BCUT2D eigenvalue weighted by Crippen LogP contribution is 2.17. The molecule has 0 fully saturated rings. The molecule has 106 valence electrons. The molecule has 0 saturated carbocycles. The van der Waals surface area contributed by atoms with Crippen LogP contribution in [-0.2, 0) is 9.47 Å². The molecule has 1 atom stereocenters. The molecule has 1 unspecified atom stereocenters. The van der Waals surface area contributed by atoms with E-state index in [9.17, 15) is 0 Å². The van der Waals surface area contributed by atoms with Crippen molar-refractivity contribution in [2.45, 2.75) is 59.0 Å². The number of ether oxygens (including phenoxy) is 2. The summed E-state index contributed by atoms with van der Waals surface area (Å²) in [5, 5.41) is 0. The minimum absolute atomic E-state index is 0.153. The normalized spacial score (nSPS) is 13.9. The van der Waals surface area contributed by atoms with Gasteiger partial charge in [0.15, 0.2) is 6.29 Å². The Morgan fingerprint density at radius 1 is 0.789 bits per heavy atom. The van der Waals surface area contributed by atoms with Crippen molar-refractivity contribution in [1.29, 1.82) is 0 Å². The molecule has 1 aromatic carbocycles. The number of rotatable bonds is 7. The van der Waals surface area contributed by atoms with Gasteiger partial charge in [-0.15, -0.1) is 0 Å². The van der Waals surface area contributed by atoms with Crippen LogP contribution in [0.15, 0.2) is 42.5 Å². The lowest BCUT2D eigenvalue weighted by Crippen LogP contribution is -2.22. The van der Waals surface area contributed by atoms with Gasteiger partial charge in [-0.1, -0.05) is 43.3 Å². The average molecular weight is 262 g/mol. The number of benzene rings is 1. The molecule has 0 amide bonds. The van der Waals surface area contributed by atoms with E-state index >= 15 is 0 Å². The Balaban J connectivity index is 2.64. The molecule has 0 spiro atoms. The highest BCUT2D eigenvalue weighted by Gasteiger charge is 2.10. The summed E-state index contributed by atoms with van der Waals surface area (Å²) in [5.74, 6) is 0.357. The maximum Gasteiger partial charge on any atom is 0.177 e. The van der Waals surface area contributed by atoms with Crippen LogP contribution in [0.1, 0.15) is 46.1 Å². The molecule has 0 aliphatic heterocycles. The van der Waals surface area contributed by atoms with Gasteiger partial charge in [0.2, 0.25) is 0 Å². The summed E-state index contributed by atoms with van der Waals surface area (Å²) in [6, 6.07) is 10.4. The van der Waals surface area contributed by atoms with Gasteiger partial charge in [0.25, 0.3) is 0 Å². The van der Waals surface area contributed by atoms with Crippen LogP contribution < -0.4 is 0 Å². The topological polar surface area (TPSA) is 18.5 Å². The quantitative estimate of drug-likeness (QED) is 0.531. The maximum absolute atomic E-state index is 5.74. The fourth-order valence-electron chi connectivity index (χ4n) is 1.78. The van der Waals surface area contributed by atoms with Crippen LogP contribution in [0.5, 0.6) is 0 Å². The summed E-state index contributed by atoms with van der Waals surface area (Å²) >= 11 is 0. The summed E-state index contributed by atoms with van der Waals surface area (Å²) in [7, 11) is 0. The van der Waals surface area contributed by atoms with Gasteiger partial charge < -0.3 is 9.47 Å². The molecule has 0 aliphatic carbocycles. The van der Waals surface area contributed by atoms with Crippen molar-refractivity contribution in [1.82, 2.24) is 0 Å². The Morgan fingerprint density at radius 2 is 1.32 bits per heavy atom. The van der Waals surface area contributed by atoms with Crippen LogP contribution in [0.2, 0.25) is 0 Å². The van der Waals surface area contributed by atoms with E-state index in [-0.39, 0.29) is 18.5 Å². The predicted octanol–water partition coefficient (Wildman–Crippen LogP) is 4.52. The number of hydrogen-bond acceptors (Lipinski definition) is 2. The molecule has 0 radical (unpaired) electrons. The summed E-state index contributed by atoms with van der Waals surface area (Å²) in [4.78, 5) is 0. The molecule has 0 bridgehead atoms. The van der Waals surface area contributed by atoms with E-state index in [4.69, 9.17) is 9.47 Å².